The Morgan fingerprint density at radius 2 is 1.84 bits per heavy atom. The largest absolute Gasteiger partial charge is 0.494 e. The Hall–Kier alpha value is -4.53. The van der Waals surface area contributed by atoms with Crippen LogP contribution < -0.4 is 14.2 Å². The molecule has 0 bridgehead atoms. The molecule has 3 aromatic carbocycles. The van der Waals surface area contributed by atoms with Crippen LogP contribution in [0.1, 0.15) is 36.3 Å². The van der Waals surface area contributed by atoms with Crippen LogP contribution >= 0.6 is 0 Å². The van der Waals surface area contributed by atoms with E-state index in [1.165, 1.54) is 0 Å². The van der Waals surface area contributed by atoms with Crippen LogP contribution in [0.5, 0.6) is 17.2 Å². The zero-order chi connectivity index (χ0) is 25.4. The van der Waals surface area contributed by atoms with Crippen LogP contribution in [-0.2, 0) is 11.3 Å². The number of fused-ring (bicyclic) bond motifs is 3. The SMILES string of the molecule is CCCOc1ccc2c(c1)c(-c1ccc3c(c1)OCO3)c(C(=O)OCC)n2Cc1ccc2nonc2c1. The second kappa shape index (κ2) is 9.50. The Kier molecular flexibility index (Phi) is 5.88. The number of nitrogens with zero attached hydrogens (tertiary/aromatic N) is 3. The highest BCUT2D eigenvalue weighted by molar-refractivity contribution is 6.09. The number of aromatic nitrogens is 3. The van der Waals surface area contributed by atoms with E-state index in [1.54, 1.807) is 6.92 Å². The molecule has 5 aromatic rings. The predicted octanol–water partition coefficient (Wildman–Crippen LogP) is 5.59. The third-order valence-electron chi connectivity index (χ3n) is 6.30. The highest BCUT2D eigenvalue weighted by atomic mass is 16.7. The second-order valence-corrected chi connectivity index (χ2v) is 8.71. The molecule has 0 radical (unpaired) electrons. The molecule has 2 aromatic heterocycles. The lowest BCUT2D eigenvalue weighted by Gasteiger charge is -2.12. The van der Waals surface area contributed by atoms with E-state index in [2.05, 4.69) is 17.2 Å². The number of hydrogen-bond donors (Lipinski definition) is 0. The van der Waals surface area contributed by atoms with Crippen LogP contribution in [-0.4, -0.2) is 40.9 Å². The summed E-state index contributed by atoms with van der Waals surface area (Å²) in [5.74, 6) is 1.63. The van der Waals surface area contributed by atoms with Gasteiger partial charge in [-0.2, -0.15) is 0 Å². The summed E-state index contributed by atoms with van der Waals surface area (Å²) in [6.07, 6.45) is 0.890. The minimum Gasteiger partial charge on any atom is -0.494 e. The summed E-state index contributed by atoms with van der Waals surface area (Å²) in [5.41, 5.74) is 5.15. The number of carbonyl (C=O) groups excluding carboxylic acids is 1. The first-order chi connectivity index (χ1) is 18.2. The van der Waals surface area contributed by atoms with Crippen LogP contribution in [0.25, 0.3) is 33.1 Å². The minimum absolute atomic E-state index is 0.166. The number of rotatable bonds is 8. The average molecular weight is 500 g/mol. The Bertz CT molecular complexity index is 1620. The van der Waals surface area contributed by atoms with Crippen molar-refractivity contribution >= 4 is 27.9 Å². The van der Waals surface area contributed by atoms with Crippen molar-refractivity contribution in [2.75, 3.05) is 20.0 Å². The van der Waals surface area contributed by atoms with E-state index in [4.69, 9.17) is 23.6 Å². The van der Waals surface area contributed by atoms with Gasteiger partial charge in [0.1, 0.15) is 22.5 Å². The third kappa shape index (κ3) is 4.12. The van der Waals surface area contributed by atoms with Crippen molar-refractivity contribution in [3.63, 3.8) is 0 Å². The molecule has 6 rings (SSSR count). The topological polar surface area (TPSA) is 97.8 Å². The minimum atomic E-state index is -0.411. The molecule has 37 heavy (non-hydrogen) atoms. The lowest BCUT2D eigenvalue weighted by atomic mass is 10.0. The summed E-state index contributed by atoms with van der Waals surface area (Å²) in [6.45, 7) is 5.29. The van der Waals surface area contributed by atoms with E-state index >= 15 is 0 Å². The quantitative estimate of drug-likeness (QED) is 0.255. The molecular formula is C28H25N3O6. The normalized spacial score (nSPS) is 12.4. The standard InChI is InChI=1S/C28H25N3O6/c1-3-11-34-19-7-9-23-20(14-19)26(18-6-10-24-25(13-18)36-16-35-24)27(28(32)33-4-2)31(23)15-17-5-8-21-22(12-17)30-37-29-21/h5-10,12-14H,3-4,11,15-16H2,1-2H3. The molecule has 0 saturated heterocycles. The fourth-order valence-electron chi connectivity index (χ4n) is 4.67. The maximum atomic E-state index is 13.5. The lowest BCUT2D eigenvalue weighted by Crippen LogP contribution is -2.14. The van der Waals surface area contributed by atoms with Gasteiger partial charge in [0.15, 0.2) is 11.5 Å². The molecule has 0 unspecified atom stereocenters. The van der Waals surface area contributed by atoms with Crippen LogP contribution in [0, 0.1) is 0 Å². The summed E-state index contributed by atoms with van der Waals surface area (Å²) in [6, 6.07) is 17.3. The van der Waals surface area contributed by atoms with Gasteiger partial charge >= 0.3 is 5.97 Å². The molecule has 188 valence electrons. The molecule has 1 aliphatic heterocycles. The molecule has 9 nitrogen and oxygen atoms in total. The highest BCUT2D eigenvalue weighted by Crippen LogP contribution is 2.42. The van der Waals surface area contributed by atoms with Crippen molar-refractivity contribution in [1.29, 1.82) is 0 Å². The Labute approximate surface area is 212 Å². The van der Waals surface area contributed by atoms with Crippen molar-refractivity contribution in [3.8, 4) is 28.4 Å². The molecule has 9 heteroatoms. The smallest absolute Gasteiger partial charge is 0.355 e. The van der Waals surface area contributed by atoms with Crippen LogP contribution in [0.2, 0.25) is 0 Å². The zero-order valence-corrected chi connectivity index (χ0v) is 20.5. The van der Waals surface area contributed by atoms with Gasteiger partial charge < -0.3 is 23.5 Å². The number of hydrogen-bond acceptors (Lipinski definition) is 8. The molecule has 0 spiro atoms. The van der Waals surface area contributed by atoms with E-state index in [-0.39, 0.29) is 13.4 Å². The maximum absolute atomic E-state index is 13.5. The Morgan fingerprint density at radius 1 is 0.973 bits per heavy atom. The fourth-order valence-corrected chi connectivity index (χ4v) is 4.67. The molecule has 1 aliphatic rings. The van der Waals surface area contributed by atoms with Crippen LogP contribution in [0.15, 0.2) is 59.2 Å². The maximum Gasteiger partial charge on any atom is 0.355 e. The molecule has 0 fully saturated rings. The Morgan fingerprint density at radius 3 is 2.70 bits per heavy atom. The summed E-state index contributed by atoms with van der Waals surface area (Å²) in [4.78, 5) is 13.5. The van der Waals surface area contributed by atoms with Gasteiger partial charge in [-0.25, -0.2) is 9.42 Å². The van der Waals surface area contributed by atoms with Crippen molar-refractivity contribution in [3.05, 3.63) is 65.9 Å². The van der Waals surface area contributed by atoms with Crippen molar-refractivity contribution in [1.82, 2.24) is 14.9 Å². The van der Waals surface area contributed by atoms with Gasteiger partial charge in [-0.05, 0) is 77.2 Å². The molecular weight excluding hydrogens is 474 g/mol. The van der Waals surface area contributed by atoms with Gasteiger partial charge in [0.25, 0.3) is 0 Å². The van der Waals surface area contributed by atoms with Crippen LogP contribution in [0.4, 0.5) is 0 Å². The summed E-state index contributed by atoms with van der Waals surface area (Å²) >= 11 is 0. The van der Waals surface area contributed by atoms with E-state index in [1.807, 2.05) is 59.2 Å². The zero-order valence-electron chi connectivity index (χ0n) is 20.5. The number of ether oxygens (including phenoxy) is 4. The third-order valence-corrected chi connectivity index (χ3v) is 6.30. The van der Waals surface area contributed by atoms with Gasteiger partial charge in [0, 0.05) is 23.0 Å². The van der Waals surface area contributed by atoms with E-state index in [0.29, 0.717) is 41.4 Å². The van der Waals surface area contributed by atoms with Gasteiger partial charge in [-0.3, -0.25) is 0 Å². The first-order valence-electron chi connectivity index (χ1n) is 12.2. The molecule has 0 saturated carbocycles. The first-order valence-corrected chi connectivity index (χ1v) is 12.2. The van der Waals surface area contributed by atoms with Crippen molar-refractivity contribution in [2.24, 2.45) is 0 Å². The molecule has 0 atom stereocenters. The van der Waals surface area contributed by atoms with Gasteiger partial charge in [0.2, 0.25) is 6.79 Å². The molecule has 0 N–H and O–H groups in total. The summed E-state index contributed by atoms with van der Waals surface area (Å²) in [5, 5.41) is 8.73. The Balaban J connectivity index is 1.58. The summed E-state index contributed by atoms with van der Waals surface area (Å²) < 4.78 is 29.5. The molecule has 0 aliphatic carbocycles. The summed E-state index contributed by atoms with van der Waals surface area (Å²) in [7, 11) is 0. The molecule has 0 amide bonds. The van der Waals surface area contributed by atoms with Crippen molar-refractivity contribution < 1.29 is 28.4 Å². The monoisotopic (exact) mass is 499 g/mol. The average Bonchev–Trinajstić information content (AvgIpc) is 3.64. The fraction of sp³-hybridized carbons (Fsp3) is 0.250. The van der Waals surface area contributed by atoms with E-state index < -0.39 is 5.97 Å². The van der Waals surface area contributed by atoms with Gasteiger partial charge in [0.05, 0.1) is 13.2 Å². The highest BCUT2D eigenvalue weighted by Gasteiger charge is 2.27. The molecule has 3 heterocycles. The predicted molar refractivity (Wildman–Crippen MR) is 136 cm³/mol. The van der Waals surface area contributed by atoms with Gasteiger partial charge in [-0.1, -0.05) is 19.1 Å². The second-order valence-electron chi connectivity index (χ2n) is 8.71. The van der Waals surface area contributed by atoms with E-state index in [9.17, 15) is 4.79 Å². The van der Waals surface area contributed by atoms with Gasteiger partial charge in [-0.15, -0.1) is 0 Å². The lowest BCUT2D eigenvalue weighted by molar-refractivity contribution is 0.0516. The first kappa shape index (κ1) is 22.9. The van der Waals surface area contributed by atoms with Crippen LogP contribution in [0.3, 0.4) is 0 Å². The van der Waals surface area contributed by atoms with Crippen molar-refractivity contribution in [2.45, 2.75) is 26.8 Å². The number of benzene rings is 3. The number of carbonyl (C=O) groups is 1. The number of esters is 1. The van der Waals surface area contributed by atoms with E-state index in [0.717, 1.165) is 39.8 Å².